The molecule has 7 nitrogen and oxygen atoms in total. The topological polar surface area (TPSA) is 78.9 Å². The standard InChI is InChI=1S/C29H27Cl2N3O4S/c1-3-38-28(37)20-7-10-22(11-8-20)32-26(35)17-25-27(36)34(23-12-4-18(2)5-13-23)29(39)33(25)15-14-19-6-9-21(30)16-24(19)31/h4-13,16,25H,3,14-15,17H2,1-2H3,(H,32,35)/t25-/m0/s1. The number of hydrogen-bond acceptors (Lipinski definition) is 5. The number of carbonyl (C=O) groups is 3. The van der Waals surface area contributed by atoms with Crippen molar-refractivity contribution < 1.29 is 19.1 Å². The van der Waals surface area contributed by atoms with Gasteiger partial charge in [0.05, 0.1) is 24.3 Å². The average molecular weight is 585 g/mol. The Bertz CT molecular complexity index is 1400. The number of esters is 1. The Kier molecular flexibility index (Phi) is 9.22. The van der Waals surface area contributed by atoms with Crippen molar-refractivity contribution in [2.24, 2.45) is 0 Å². The molecular weight excluding hydrogens is 557 g/mol. The number of ether oxygens (including phenoxy) is 1. The molecule has 3 aromatic rings. The maximum absolute atomic E-state index is 13.6. The van der Waals surface area contributed by atoms with Crippen molar-refractivity contribution in [3.63, 3.8) is 0 Å². The number of hydrogen-bond donors (Lipinski definition) is 1. The highest BCUT2D eigenvalue weighted by Crippen LogP contribution is 2.29. The number of nitrogens with one attached hydrogen (secondary N) is 1. The van der Waals surface area contributed by atoms with Gasteiger partial charge < -0.3 is 15.0 Å². The summed E-state index contributed by atoms with van der Waals surface area (Å²) >= 11 is 18.2. The van der Waals surface area contributed by atoms with Gasteiger partial charge in [0.15, 0.2) is 5.11 Å². The highest BCUT2D eigenvalue weighted by Gasteiger charge is 2.44. The van der Waals surface area contributed by atoms with Gasteiger partial charge in [-0.3, -0.25) is 14.5 Å². The van der Waals surface area contributed by atoms with Crippen LogP contribution in [0.4, 0.5) is 11.4 Å². The molecule has 10 heteroatoms. The molecule has 0 spiro atoms. The van der Waals surface area contributed by atoms with E-state index < -0.39 is 12.0 Å². The van der Waals surface area contributed by atoms with Gasteiger partial charge >= 0.3 is 5.97 Å². The smallest absolute Gasteiger partial charge is 0.338 e. The maximum Gasteiger partial charge on any atom is 0.338 e. The molecule has 1 saturated heterocycles. The molecule has 3 aromatic carbocycles. The van der Waals surface area contributed by atoms with Crippen molar-refractivity contribution in [3.8, 4) is 0 Å². The predicted octanol–water partition coefficient (Wildman–Crippen LogP) is 6.05. The summed E-state index contributed by atoms with van der Waals surface area (Å²) in [6.07, 6.45) is 0.383. The molecule has 4 rings (SSSR count). The number of halogens is 2. The van der Waals surface area contributed by atoms with Crippen LogP contribution in [0.15, 0.2) is 66.7 Å². The van der Waals surface area contributed by atoms with Crippen LogP contribution in [0.2, 0.25) is 10.0 Å². The molecule has 1 atom stereocenters. The molecule has 0 bridgehead atoms. The molecular formula is C29H27Cl2N3O4S. The highest BCUT2D eigenvalue weighted by atomic mass is 35.5. The molecule has 1 fully saturated rings. The van der Waals surface area contributed by atoms with E-state index in [0.29, 0.717) is 45.1 Å². The lowest BCUT2D eigenvalue weighted by Crippen LogP contribution is -2.39. The maximum atomic E-state index is 13.6. The monoisotopic (exact) mass is 583 g/mol. The predicted molar refractivity (Wildman–Crippen MR) is 158 cm³/mol. The van der Waals surface area contributed by atoms with Crippen LogP contribution in [0, 0.1) is 6.92 Å². The number of thiocarbonyl (C=S) groups is 1. The fourth-order valence-corrected chi connectivity index (χ4v) is 5.19. The van der Waals surface area contributed by atoms with Gasteiger partial charge in [-0.25, -0.2) is 4.79 Å². The van der Waals surface area contributed by atoms with E-state index in [0.717, 1.165) is 11.1 Å². The second-order valence-corrected chi connectivity index (χ2v) is 10.2. The third-order valence-corrected chi connectivity index (χ3v) is 7.31. The zero-order chi connectivity index (χ0) is 28.1. The van der Waals surface area contributed by atoms with Crippen LogP contribution in [0.3, 0.4) is 0 Å². The van der Waals surface area contributed by atoms with Crippen molar-refractivity contribution in [1.29, 1.82) is 0 Å². The number of aryl methyl sites for hydroxylation is 1. The summed E-state index contributed by atoms with van der Waals surface area (Å²) in [5.41, 5.74) is 3.43. The van der Waals surface area contributed by atoms with Gasteiger partial charge in [0, 0.05) is 22.3 Å². The van der Waals surface area contributed by atoms with Gasteiger partial charge in [0.1, 0.15) is 6.04 Å². The second-order valence-electron chi connectivity index (χ2n) is 9.04. The SMILES string of the molecule is CCOC(=O)c1ccc(NC(=O)C[C@H]2C(=O)N(c3ccc(C)cc3)C(=S)N2CCc2ccc(Cl)cc2Cl)cc1. The molecule has 0 saturated carbocycles. The Morgan fingerprint density at radius 1 is 1.03 bits per heavy atom. The molecule has 0 radical (unpaired) electrons. The molecule has 39 heavy (non-hydrogen) atoms. The van der Waals surface area contributed by atoms with Crippen molar-refractivity contribution >= 4 is 69.7 Å². The summed E-state index contributed by atoms with van der Waals surface area (Å²) in [6.45, 7) is 4.34. The lowest BCUT2D eigenvalue weighted by atomic mass is 10.1. The first-order valence-electron chi connectivity index (χ1n) is 12.4. The van der Waals surface area contributed by atoms with Gasteiger partial charge in [-0.1, -0.05) is 47.0 Å². The summed E-state index contributed by atoms with van der Waals surface area (Å²) in [7, 11) is 0. The first-order valence-corrected chi connectivity index (χ1v) is 13.6. The lowest BCUT2D eigenvalue weighted by Gasteiger charge is -2.24. The Balaban J connectivity index is 1.52. The number of amides is 2. The number of benzene rings is 3. The van der Waals surface area contributed by atoms with Crippen molar-refractivity contribution in [2.45, 2.75) is 32.7 Å². The van der Waals surface area contributed by atoms with Crippen LogP contribution in [-0.2, 0) is 20.7 Å². The van der Waals surface area contributed by atoms with Gasteiger partial charge in [0.2, 0.25) is 5.91 Å². The number of nitrogens with zero attached hydrogens (tertiary/aromatic N) is 2. The van der Waals surface area contributed by atoms with Crippen LogP contribution in [0.5, 0.6) is 0 Å². The van der Waals surface area contributed by atoms with E-state index in [1.54, 1.807) is 48.2 Å². The number of carbonyl (C=O) groups excluding carboxylic acids is 3. The van der Waals surface area contributed by atoms with E-state index in [4.69, 9.17) is 40.2 Å². The summed E-state index contributed by atoms with van der Waals surface area (Å²) in [6, 6.07) is 18.3. The van der Waals surface area contributed by atoms with Crippen molar-refractivity contribution in [1.82, 2.24) is 4.90 Å². The molecule has 2 amide bonds. The van der Waals surface area contributed by atoms with Gasteiger partial charge in [0.25, 0.3) is 5.91 Å². The minimum absolute atomic E-state index is 0.116. The van der Waals surface area contributed by atoms with Gasteiger partial charge in [-0.15, -0.1) is 0 Å². The van der Waals surface area contributed by atoms with E-state index in [1.807, 2.05) is 37.3 Å². The minimum atomic E-state index is -0.802. The molecule has 1 aliphatic rings. The zero-order valence-electron chi connectivity index (χ0n) is 21.4. The zero-order valence-corrected chi connectivity index (χ0v) is 23.8. The van der Waals surface area contributed by atoms with Gasteiger partial charge in [-0.05, 0) is 86.6 Å². The van der Waals surface area contributed by atoms with Crippen LogP contribution in [0.25, 0.3) is 0 Å². The summed E-state index contributed by atoms with van der Waals surface area (Å²) in [5.74, 6) is -1.08. The molecule has 0 aromatic heterocycles. The average Bonchev–Trinajstić information content (AvgIpc) is 3.13. The van der Waals surface area contributed by atoms with E-state index in [9.17, 15) is 14.4 Å². The normalized spacial score (nSPS) is 15.0. The summed E-state index contributed by atoms with van der Waals surface area (Å²) in [5, 5.41) is 4.19. The Labute approximate surface area is 242 Å². The minimum Gasteiger partial charge on any atom is -0.462 e. The molecule has 202 valence electrons. The highest BCUT2D eigenvalue weighted by molar-refractivity contribution is 7.80. The fraction of sp³-hybridized carbons (Fsp3) is 0.241. The fourth-order valence-electron chi connectivity index (χ4n) is 4.28. The lowest BCUT2D eigenvalue weighted by molar-refractivity contribution is -0.124. The molecule has 1 aliphatic heterocycles. The molecule has 0 aliphatic carbocycles. The van der Waals surface area contributed by atoms with E-state index in [-0.39, 0.29) is 24.8 Å². The van der Waals surface area contributed by atoms with E-state index >= 15 is 0 Å². The molecule has 1 N–H and O–H groups in total. The van der Waals surface area contributed by atoms with Crippen LogP contribution in [-0.4, -0.2) is 47.0 Å². The van der Waals surface area contributed by atoms with E-state index in [1.165, 1.54) is 4.90 Å². The van der Waals surface area contributed by atoms with Crippen LogP contribution < -0.4 is 10.2 Å². The van der Waals surface area contributed by atoms with Gasteiger partial charge in [-0.2, -0.15) is 0 Å². The van der Waals surface area contributed by atoms with Crippen LogP contribution >= 0.6 is 35.4 Å². The van der Waals surface area contributed by atoms with Crippen molar-refractivity contribution in [2.75, 3.05) is 23.4 Å². The molecule has 0 unspecified atom stereocenters. The number of rotatable bonds is 9. The largest absolute Gasteiger partial charge is 0.462 e. The third-order valence-electron chi connectivity index (χ3n) is 6.31. The third kappa shape index (κ3) is 6.76. The Morgan fingerprint density at radius 2 is 1.72 bits per heavy atom. The number of anilines is 2. The Hall–Kier alpha value is -3.46. The van der Waals surface area contributed by atoms with E-state index in [2.05, 4.69) is 5.32 Å². The Morgan fingerprint density at radius 3 is 2.36 bits per heavy atom. The quantitative estimate of drug-likeness (QED) is 0.244. The summed E-state index contributed by atoms with van der Waals surface area (Å²) in [4.78, 5) is 41.8. The second kappa shape index (κ2) is 12.6. The molecule has 1 heterocycles. The first-order chi connectivity index (χ1) is 18.7. The van der Waals surface area contributed by atoms with Crippen LogP contribution in [0.1, 0.15) is 34.8 Å². The summed E-state index contributed by atoms with van der Waals surface area (Å²) < 4.78 is 4.99. The van der Waals surface area contributed by atoms with Crippen molar-refractivity contribution in [3.05, 3.63) is 93.5 Å². The first kappa shape index (κ1) is 28.5.